The molecule has 0 bridgehead atoms. The Hall–Kier alpha value is -2.20. The van der Waals surface area contributed by atoms with Crippen molar-refractivity contribution in [1.29, 1.82) is 10.5 Å². The number of methoxy groups -OCH3 is 1. The molecule has 1 aromatic rings. The maximum atomic E-state index is 8.68. The highest BCUT2D eigenvalue weighted by atomic mass is 16.5. The van der Waals surface area contributed by atoms with Crippen molar-refractivity contribution in [1.82, 2.24) is 0 Å². The minimum Gasteiger partial charge on any atom is -0.495 e. The predicted molar refractivity (Wildman–Crippen MR) is 70.0 cm³/mol. The fraction of sp³-hybridized carbons (Fsp3) is 0.429. The lowest BCUT2D eigenvalue weighted by Crippen LogP contribution is -2.04. The van der Waals surface area contributed by atoms with Crippen LogP contribution in [0.5, 0.6) is 5.75 Å². The van der Waals surface area contributed by atoms with Crippen molar-refractivity contribution in [3.05, 3.63) is 22.8 Å². The highest BCUT2D eigenvalue weighted by molar-refractivity contribution is 5.63. The molecular weight excluding hydrogens is 226 g/mol. The predicted octanol–water partition coefficient (Wildman–Crippen LogP) is 2.50. The molecule has 0 unspecified atom stereocenters. The number of hydrogen-bond acceptors (Lipinski definition) is 4. The van der Waals surface area contributed by atoms with Crippen molar-refractivity contribution >= 4 is 5.69 Å². The summed E-state index contributed by atoms with van der Waals surface area (Å²) in [7, 11) is 1.57. The van der Waals surface area contributed by atoms with E-state index in [-0.39, 0.29) is 0 Å². The SMILES string of the molecule is COc1cc(CCC#N)c(C)c(CCC#N)c1N. The number of rotatable bonds is 5. The molecule has 18 heavy (non-hydrogen) atoms. The Kier molecular flexibility index (Phi) is 5.02. The molecule has 1 rings (SSSR count). The van der Waals surface area contributed by atoms with Gasteiger partial charge in [0.15, 0.2) is 0 Å². The van der Waals surface area contributed by atoms with Crippen molar-refractivity contribution in [2.45, 2.75) is 32.6 Å². The number of nitrogen functional groups attached to an aromatic ring is 1. The molecule has 0 heterocycles. The molecule has 0 radical (unpaired) electrons. The van der Waals surface area contributed by atoms with E-state index in [0.29, 0.717) is 37.1 Å². The molecule has 0 atom stereocenters. The van der Waals surface area contributed by atoms with Crippen molar-refractivity contribution in [3.63, 3.8) is 0 Å². The first-order valence-electron chi connectivity index (χ1n) is 5.84. The average Bonchev–Trinajstić information content (AvgIpc) is 2.38. The Labute approximate surface area is 108 Å². The number of nitrogens with two attached hydrogens (primary N) is 1. The summed E-state index contributed by atoms with van der Waals surface area (Å²) in [5, 5.41) is 17.3. The molecule has 4 nitrogen and oxygen atoms in total. The zero-order chi connectivity index (χ0) is 13.5. The standard InChI is InChI=1S/C14H17N3O/c1-10-11(5-3-7-15)9-13(18-2)14(17)12(10)6-4-8-16/h9H,3-6,17H2,1-2H3. The molecule has 0 aliphatic rings. The van der Waals surface area contributed by atoms with Gasteiger partial charge in [-0.2, -0.15) is 10.5 Å². The fourth-order valence-corrected chi connectivity index (χ4v) is 2.01. The fourth-order valence-electron chi connectivity index (χ4n) is 2.01. The smallest absolute Gasteiger partial charge is 0.142 e. The van der Waals surface area contributed by atoms with Crippen LogP contribution in [0.1, 0.15) is 29.5 Å². The maximum Gasteiger partial charge on any atom is 0.142 e. The number of nitriles is 2. The third kappa shape index (κ3) is 2.93. The number of anilines is 1. The minimum atomic E-state index is 0.426. The lowest BCUT2D eigenvalue weighted by molar-refractivity contribution is 0.416. The third-order valence-corrected chi connectivity index (χ3v) is 3.04. The van der Waals surface area contributed by atoms with Crippen LogP contribution in [0.4, 0.5) is 5.69 Å². The van der Waals surface area contributed by atoms with Gasteiger partial charge in [0, 0.05) is 12.8 Å². The summed E-state index contributed by atoms with van der Waals surface area (Å²) in [6.45, 7) is 1.98. The molecule has 2 N–H and O–H groups in total. The van der Waals surface area contributed by atoms with E-state index >= 15 is 0 Å². The van der Waals surface area contributed by atoms with Crippen LogP contribution >= 0.6 is 0 Å². The van der Waals surface area contributed by atoms with E-state index in [9.17, 15) is 0 Å². The summed E-state index contributed by atoms with van der Waals surface area (Å²) in [6, 6.07) is 6.14. The maximum absolute atomic E-state index is 8.68. The Morgan fingerprint density at radius 1 is 1.22 bits per heavy atom. The molecule has 0 aliphatic carbocycles. The van der Waals surface area contributed by atoms with Gasteiger partial charge in [-0.25, -0.2) is 0 Å². The van der Waals surface area contributed by atoms with Gasteiger partial charge in [0.1, 0.15) is 5.75 Å². The molecule has 4 heteroatoms. The molecule has 0 aromatic heterocycles. The highest BCUT2D eigenvalue weighted by Gasteiger charge is 2.13. The minimum absolute atomic E-state index is 0.426. The molecule has 0 fully saturated rings. The van der Waals surface area contributed by atoms with Crippen molar-refractivity contribution in [3.8, 4) is 17.9 Å². The monoisotopic (exact) mass is 243 g/mol. The van der Waals surface area contributed by atoms with E-state index in [0.717, 1.165) is 16.7 Å². The zero-order valence-electron chi connectivity index (χ0n) is 10.8. The van der Waals surface area contributed by atoms with E-state index in [4.69, 9.17) is 21.0 Å². The number of aryl methyl sites for hydroxylation is 1. The second kappa shape index (κ2) is 6.51. The number of ether oxygens (including phenoxy) is 1. The summed E-state index contributed by atoms with van der Waals surface area (Å²) < 4.78 is 5.25. The second-order valence-electron chi connectivity index (χ2n) is 4.07. The van der Waals surface area contributed by atoms with Gasteiger partial charge in [-0.3, -0.25) is 0 Å². The Balaban J connectivity index is 3.21. The Morgan fingerprint density at radius 2 is 1.83 bits per heavy atom. The molecule has 0 saturated carbocycles. The van der Waals surface area contributed by atoms with Gasteiger partial charge in [0.25, 0.3) is 0 Å². The van der Waals surface area contributed by atoms with Gasteiger partial charge in [-0.05, 0) is 42.5 Å². The lowest BCUT2D eigenvalue weighted by atomic mass is 9.94. The van der Waals surface area contributed by atoms with E-state index in [1.54, 1.807) is 7.11 Å². The first-order valence-corrected chi connectivity index (χ1v) is 5.84. The molecule has 0 spiro atoms. The normalized spacial score (nSPS) is 9.56. The lowest BCUT2D eigenvalue weighted by Gasteiger charge is -2.16. The molecule has 0 aliphatic heterocycles. The van der Waals surface area contributed by atoms with Gasteiger partial charge in [0.05, 0.1) is 24.9 Å². The van der Waals surface area contributed by atoms with Gasteiger partial charge in [0.2, 0.25) is 0 Å². The summed E-state index contributed by atoms with van der Waals surface area (Å²) in [6.07, 6.45) is 2.19. The van der Waals surface area contributed by atoms with Crippen molar-refractivity contribution < 1.29 is 4.74 Å². The van der Waals surface area contributed by atoms with Gasteiger partial charge >= 0.3 is 0 Å². The van der Waals surface area contributed by atoms with Gasteiger partial charge < -0.3 is 10.5 Å². The van der Waals surface area contributed by atoms with E-state index < -0.39 is 0 Å². The topological polar surface area (TPSA) is 82.8 Å². The first-order chi connectivity index (χ1) is 8.65. The van der Waals surface area contributed by atoms with E-state index in [1.807, 2.05) is 13.0 Å². The number of hydrogen-bond donors (Lipinski definition) is 1. The Morgan fingerprint density at radius 3 is 2.39 bits per heavy atom. The van der Waals surface area contributed by atoms with Crippen LogP contribution in [0.3, 0.4) is 0 Å². The summed E-state index contributed by atoms with van der Waals surface area (Å²) >= 11 is 0. The highest BCUT2D eigenvalue weighted by Crippen LogP contribution is 2.32. The van der Waals surface area contributed by atoms with Crippen LogP contribution in [-0.4, -0.2) is 7.11 Å². The summed E-state index contributed by atoms with van der Waals surface area (Å²) in [5.74, 6) is 0.626. The van der Waals surface area contributed by atoms with Crippen LogP contribution in [0, 0.1) is 29.6 Å². The first kappa shape index (κ1) is 13.9. The summed E-state index contributed by atoms with van der Waals surface area (Å²) in [4.78, 5) is 0. The molecular formula is C14H17N3O. The number of benzene rings is 1. The second-order valence-corrected chi connectivity index (χ2v) is 4.07. The molecule has 1 aromatic carbocycles. The van der Waals surface area contributed by atoms with Crippen LogP contribution in [0.15, 0.2) is 6.07 Å². The quantitative estimate of drug-likeness (QED) is 0.805. The van der Waals surface area contributed by atoms with E-state index in [2.05, 4.69) is 12.1 Å². The molecule has 0 amide bonds. The summed E-state index contributed by atoms with van der Waals surface area (Å²) in [5.41, 5.74) is 9.73. The van der Waals surface area contributed by atoms with Gasteiger partial charge in [-0.1, -0.05) is 0 Å². The van der Waals surface area contributed by atoms with Gasteiger partial charge in [-0.15, -0.1) is 0 Å². The van der Waals surface area contributed by atoms with Crippen molar-refractivity contribution in [2.75, 3.05) is 12.8 Å². The van der Waals surface area contributed by atoms with Crippen molar-refractivity contribution in [2.24, 2.45) is 0 Å². The van der Waals surface area contributed by atoms with Crippen LogP contribution in [-0.2, 0) is 12.8 Å². The zero-order valence-corrected chi connectivity index (χ0v) is 10.8. The Bertz CT molecular complexity index is 509. The third-order valence-electron chi connectivity index (χ3n) is 3.04. The van der Waals surface area contributed by atoms with Crippen LogP contribution in [0.2, 0.25) is 0 Å². The largest absolute Gasteiger partial charge is 0.495 e. The van der Waals surface area contributed by atoms with Crippen LogP contribution in [0.25, 0.3) is 0 Å². The molecule has 94 valence electrons. The molecule has 0 saturated heterocycles. The van der Waals surface area contributed by atoms with E-state index in [1.165, 1.54) is 0 Å². The average molecular weight is 243 g/mol. The van der Waals surface area contributed by atoms with Crippen LogP contribution < -0.4 is 10.5 Å². The number of nitrogens with zero attached hydrogens (tertiary/aromatic N) is 2.